The van der Waals surface area contributed by atoms with Gasteiger partial charge in [0.2, 0.25) is 5.91 Å². The molecule has 19 heavy (non-hydrogen) atoms. The maximum atomic E-state index is 12.4. The fourth-order valence-corrected chi connectivity index (χ4v) is 5.32. The van der Waals surface area contributed by atoms with Crippen LogP contribution in [0.15, 0.2) is 0 Å². The second-order valence-electron chi connectivity index (χ2n) is 7.24. The third kappa shape index (κ3) is 2.19. The number of carbonyl (C=O) groups is 1. The molecule has 0 spiro atoms. The van der Waals surface area contributed by atoms with Gasteiger partial charge in [-0.1, -0.05) is 0 Å². The van der Waals surface area contributed by atoms with Crippen LogP contribution < -0.4 is 5.73 Å². The van der Waals surface area contributed by atoms with E-state index in [0.29, 0.717) is 6.54 Å². The molecule has 4 saturated carbocycles. The lowest BCUT2D eigenvalue weighted by atomic mass is 9.47. The number of amides is 1. The molecule has 4 heteroatoms. The number of hydrogen-bond acceptors (Lipinski definition) is 3. The van der Waals surface area contributed by atoms with Crippen LogP contribution >= 0.6 is 0 Å². The summed E-state index contributed by atoms with van der Waals surface area (Å²) in [6, 6.07) is -0.363. The van der Waals surface area contributed by atoms with E-state index < -0.39 is 0 Å². The van der Waals surface area contributed by atoms with Gasteiger partial charge >= 0.3 is 0 Å². The fourth-order valence-electron chi connectivity index (χ4n) is 5.32. The van der Waals surface area contributed by atoms with Crippen molar-refractivity contribution in [3.63, 3.8) is 0 Å². The Labute approximate surface area is 115 Å². The van der Waals surface area contributed by atoms with Gasteiger partial charge in [0.25, 0.3) is 0 Å². The third-order valence-corrected chi connectivity index (χ3v) is 5.82. The molecule has 1 atom stereocenters. The van der Waals surface area contributed by atoms with E-state index in [-0.39, 0.29) is 24.0 Å². The van der Waals surface area contributed by atoms with E-state index in [1.807, 2.05) is 0 Å². The number of likely N-dealkylation sites (N-methyl/N-ethyl adjacent to an activating group) is 1. The molecule has 0 saturated heterocycles. The van der Waals surface area contributed by atoms with Crippen molar-refractivity contribution < 1.29 is 9.90 Å². The standard InChI is InChI=1S/C15H26N2O2/c1-17(2-3-18)14(19)13(16)15-7-10-4-11(8-15)6-12(5-10)9-15/h10-13,18H,2-9,16H2,1H3. The molecule has 4 nitrogen and oxygen atoms in total. The predicted molar refractivity (Wildman–Crippen MR) is 73.3 cm³/mol. The summed E-state index contributed by atoms with van der Waals surface area (Å²) in [5, 5.41) is 8.97. The van der Waals surface area contributed by atoms with Gasteiger partial charge in [-0.05, 0) is 61.7 Å². The third-order valence-electron chi connectivity index (χ3n) is 5.82. The number of aliphatic hydroxyl groups excluding tert-OH is 1. The van der Waals surface area contributed by atoms with Crippen molar-refractivity contribution in [1.29, 1.82) is 0 Å². The van der Waals surface area contributed by atoms with Gasteiger partial charge in [0.15, 0.2) is 0 Å². The van der Waals surface area contributed by atoms with Gasteiger partial charge in [0.05, 0.1) is 12.6 Å². The summed E-state index contributed by atoms with van der Waals surface area (Å²) in [5.41, 5.74) is 6.44. The zero-order valence-electron chi connectivity index (χ0n) is 11.8. The highest BCUT2D eigenvalue weighted by atomic mass is 16.3. The molecular weight excluding hydrogens is 240 g/mol. The Bertz CT molecular complexity index is 334. The van der Waals surface area contributed by atoms with Crippen LogP contribution in [0.3, 0.4) is 0 Å². The molecule has 0 aliphatic heterocycles. The van der Waals surface area contributed by atoms with Gasteiger partial charge in [-0.25, -0.2) is 0 Å². The highest BCUT2D eigenvalue weighted by Crippen LogP contribution is 2.61. The Balaban J connectivity index is 1.75. The highest BCUT2D eigenvalue weighted by Gasteiger charge is 2.55. The number of rotatable bonds is 4. The van der Waals surface area contributed by atoms with Crippen molar-refractivity contribution in [2.45, 2.75) is 44.6 Å². The molecule has 0 aromatic heterocycles. The van der Waals surface area contributed by atoms with Crippen molar-refractivity contribution >= 4 is 5.91 Å². The zero-order valence-corrected chi connectivity index (χ0v) is 11.8. The summed E-state index contributed by atoms with van der Waals surface area (Å²) in [5.74, 6) is 2.46. The van der Waals surface area contributed by atoms with Gasteiger partial charge < -0.3 is 15.7 Å². The molecular formula is C15H26N2O2. The first-order valence-electron chi connectivity index (χ1n) is 7.65. The Kier molecular flexibility index (Phi) is 3.34. The average molecular weight is 266 g/mol. The molecule has 108 valence electrons. The molecule has 0 aromatic carbocycles. The van der Waals surface area contributed by atoms with E-state index in [1.54, 1.807) is 11.9 Å². The van der Waals surface area contributed by atoms with Crippen molar-refractivity contribution in [3.05, 3.63) is 0 Å². The van der Waals surface area contributed by atoms with Gasteiger partial charge in [0.1, 0.15) is 0 Å². The van der Waals surface area contributed by atoms with Crippen LogP contribution in [0, 0.1) is 23.2 Å². The normalized spacial score (nSPS) is 41.3. The number of nitrogens with zero attached hydrogens (tertiary/aromatic N) is 1. The Morgan fingerprint density at radius 1 is 1.26 bits per heavy atom. The number of carbonyl (C=O) groups excluding carboxylic acids is 1. The molecule has 0 aromatic rings. The van der Waals surface area contributed by atoms with E-state index >= 15 is 0 Å². The van der Waals surface area contributed by atoms with Crippen LogP contribution in [0.4, 0.5) is 0 Å². The predicted octanol–water partition coefficient (Wildman–Crippen LogP) is 0.981. The highest BCUT2D eigenvalue weighted by molar-refractivity contribution is 5.82. The first kappa shape index (κ1) is 13.4. The summed E-state index contributed by atoms with van der Waals surface area (Å²) in [7, 11) is 1.75. The van der Waals surface area contributed by atoms with Crippen LogP contribution in [0.25, 0.3) is 0 Å². The molecule has 1 unspecified atom stereocenters. The van der Waals surface area contributed by atoms with E-state index in [9.17, 15) is 4.79 Å². The fraction of sp³-hybridized carbons (Fsp3) is 0.933. The quantitative estimate of drug-likeness (QED) is 0.797. The van der Waals surface area contributed by atoms with E-state index in [0.717, 1.165) is 37.0 Å². The van der Waals surface area contributed by atoms with Gasteiger partial charge in [0, 0.05) is 13.6 Å². The molecule has 0 heterocycles. The lowest BCUT2D eigenvalue weighted by Gasteiger charge is -2.58. The number of hydrogen-bond donors (Lipinski definition) is 2. The summed E-state index contributed by atoms with van der Waals surface area (Å²) >= 11 is 0. The van der Waals surface area contributed by atoms with Crippen LogP contribution in [-0.2, 0) is 4.79 Å². The van der Waals surface area contributed by atoms with Gasteiger partial charge in [-0.3, -0.25) is 4.79 Å². The van der Waals surface area contributed by atoms with E-state index in [1.165, 1.54) is 19.3 Å². The minimum absolute atomic E-state index is 0.00976. The van der Waals surface area contributed by atoms with Crippen LogP contribution in [0.5, 0.6) is 0 Å². The monoisotopic (exact) mass is 266 g/mol. The molecule has 4 fully saturated rings. The van der Waals surface area contributed by atoms with Crippen molar-refractivity contribution in [3.8, 4) is 0 Å². The summed E-state index contributed by atoms with van der Waals surface area (Å²) in [4.78, 5) is 14.0. The molecule has 4 aliphatic carbocycles. The Morgan fingerprint density at radius 2 is 1.74 bits per heavy atom. The number of aliphatic hydroxyl groups is 1. The van der Waals surface area contributed by atoms with Crippen LogP contribution in [0.1, 0.15) is 38.5 Å². The van der Waals surface area contributed by atoms with Crippen molar-refractivity contribution in [2.75, 3.05) is 20.2 Å². The average Bonchev–Trinajstić information content (AvgIpc) is 2.35. The largest absolute Gasteiger partial charge is 0.395 e. The molecule has 1 amide bonds. The van der Waals surface area contributed by atoms with Gasteiger partial charge in [-0.2, -0.15) is 0 Å². The van der Waals surface area contributed by atoms with Crippen LogP contribution in [-0.4, -0.2) is 42.2 Å². The maximum absolute atomic E-state index is 12.4. The molecule has 3 N–H and O–H groups in total. The van der Waals surface area contributed by atoms with E-state index in [4.69, 9.17) is 10.8 Å². The second kappa shape index (κ2) is 4.74. The molecule has 4 rings (SSSR count). The topological polar surface area (TPSA) is 66.6 Å². The lowest BCUT2D eigenvalue weighted by Crippen LogP contribution is -2.59. The SMILES string of the molecule is CN(CCO)C(=O)C(N)C12CC3CC(CC(C3)C1)C2. The van der Waals surface area contributed by atoms with Crippen LogP contribution in [0.2, 0.25) is 0 Å². The molecule has 4 aliphatic rings. The minimum atomic E-state index is -0.363. The minimum Gasteiger partial charge on any atom is -0.395 e. The molecule has 4 bridgehead atoms. The Hall–Kier alpha value is -0.610. The van der Waals surface area contributed by atoms with Gasteiger partial charge in [-0.15, -0.1) is 0 Å². The number of nitrogens with two attached hydrogens (primary N) is 1. The smallest absolute Gasteiger partial charge is 0.239 e. The Morgan fingerprint density at radius 3 is 2.16 bits per heavy atom. The lowest BCUT2D eigenvalue weighted by molar-refractivity contribution is -0.142. The second-order valence-corrected chi connectivity index (χ2v) is 7.24. The van der Waals surface area contributed by atoms with E-state index in [2.05, 4.69) is 0 Å². The summed E-state index contributed by atoms with van der Waals surface area (Å²) in [6.45, 7) is 0.398. The maximum Gasteiger partial charge on any atom is 0.239 e. The van der Waals surface area contributed by atoms with Crippen molar-refractivity contribution in [2.24, 2.45) is 28.9 Å². The first-order chi connectivity index (χ1) is 9.04. The summed E-state index contributed by atoms with van der Waals surface area (Å²) < 4.78 is 0. The zero-order chi connectivity index (χ0) is 13.6. The van der Waals surface area contributed by atoms with Crippen molar-refractivity contribution in [1.82, 2.24) is 4.90 Å². The summed E-state index contributed by atoms with van der Waals surface area (Å²) in [6.07, 6.45) is 7.56. The molecule has 0 radical (unpaired) electrons. The first-order valence-corrected chi connectivity index (χ1v) is 7.65.